The quantitative estimate of drug-likeness (QED) is 0.493. The van der Waals surface area contributed by atoms with Crippen LogP contribution in [0.5, 0.6) is 0 Å². The first-order chi connectivity index (χ1) is 6.45. The predicted molar refractivity (Wildman–Crippen MR) is 54.2 cm³/mol. The summed E-state index contributed by atoms with van der Waals surface area (Å²) in [5.41, 5.74) is 2.41. The van der Waals surface area contributed by atoms with E-state index in [1.54, 1.807) is 0 Å². The molecule has 3 rings (SSSR count). The van der Waals surface area contributed by atoms with E-state index >= 15 is 0 Å². The van der Waals surface area contributed by atoms with Gasteiger partial charge in [-0.1, -0.05) is 29.8 Å². The molecule has 1 heterocycles. The van der Waals surface area contributed by atoms with Crippen molar-refractivity contribution < 1.29 is 0 Å². The summed E-state index contributed by atoms with van der Waals surface area (Å²) in [5.74, 6) is 0.974. The Hall–Kier alpha value is -1.50. The maximum Gasteiger partial charge on any atom is 0.0315 e. The molecule has 64 valence electrons. The summed E-state index contributed by atoms with van der Waals surface area (Å²) < 4.78 is 0. The molecule has 2 unspecified atom stereocenters. The minimum atomic E-state index is 0.487. The van der Waals surface area contributed by atoms with E-state index in [4.69, 9.17) is 0 Å². The Labute approximate surface area is 77.9 Å². The number of rotatable bonds is 0. The summed E-state index contributed by atoms with van der Waals surface area (Å²) in [6.45, 7) is 0. The van der Waals surface area contributed by atoms with E-state index in [2.05, 4.69) is 53.9 Å². The highest BCUT2D eigenvalue weighted by Crippen LogP contribution is 2.36. The molecule has 0 saturated heterocycles. The van der Waals surface area contributed by atoms with Crippen LogP contribution in [0.4, 0.5) is 0 Å². The van der Waals surface area contributed by atoms with Gasteiger partial charge in [0.05, 0.1) is 0 Å². The molecule has 0 aromatic heterocycles. The highest BCUT2D eigenvalue weighted by Gasteiger charge is 2.26. The molecule has 0 aromatic carbocycles. The molecule has 0 radical (unpaired) electrons. The first kappa shape index (κ1) is 6.96. The van der Waals surface area contributed by atoms with Crippen molar-refractivity contribution in [1.29, 1.82) is 0 Å². The van der Waals surface area contributed by atoms with Gasteiger partial charge >= 0.3 is 0 Å². The molecule has 0 saturated carbocycles. The highest BCUT2D eigenvalue weighted by molar-refractivity contribution is 6.02. The lowest BCUT2D eigenvalue weighted by Crippen LogP contribution is -2.15. The molecule has 3 aliphatic rings. The topological polar surface area (TPSA) is 12.4 Å². The summed E-state index contributed by atoms with van der Waals surface area (Å²) in [5, 5.41) is 0. The minimum Gasteiger partial charge on any atom is -0.321 e. The maximum atomic E-state index is 4.59. The lowest BCUT2D eigenvalue weighted by atomic mass is 9.84. The van der Waals surface area contributed by atoms with Crippen LogP contribution < -0.4 is 0 Å². The molecule has 0 spiro atoms. The number of nitrogens with zero attached hydrogens (tertiary/aromatic N) is 1. The van der Waals surface area contributed by atoms with Gasteiger partial charge in [-0.25, -0.2) is 0 Å². The Bertz CT molecular complexity index is 380. The number of hydrogen-bond acceptors (Lipinski definition) is 1. The molecule has 1 aliphatic heterocycles. The number of aliphatic imine (C=N–C) groups is 1. The van der Waals surface area contributed by atoms with E-state index in [-0.39, 0.29) is 0 Å². The van der Waals surface area contributed by atoms with Crippen LogP contribution in [-0.4, -0.2) is 5.71 Å². The Morgan fingerprint density at radius 1 is 1.15 bits per heavy atom. The predicted octanol–water partition coefficient (Wildman–Crippen LogP) is 2.46. The Morgan fingerprint density at radius 2 is 2.15 bits per heavy atom. The molecule has 13 heavy (non-hydrogen) atoms. The van der Waals surface area contributed by atoms with Gasteiger partial charge in [-0.2, -0.15) is 24.6 Å². The zero-order chi connectivity index (χ0) is 8.67. The van der Waals surface area contributed by atoms with Gasteiger partial charge in [0.15, 0.2) is 0 Å². The van der Waals surface area contributed by atoms with Crippen LogP contribution in [-0.2, 0) is 0 Å². The van der Waals surface area contributed by atoms with Crippen molar-refractivity contribution in [3.63, 3.8) is 0 Å². The molecule has 0 bridgehead atoms. The van der Waals surface area contributed by atoms with Crippen molar-refractivity contribution in [3.05, 3.63) is 54.7 Å². The zero-order valence-electron chi connectivity index (χ0n) is 7.22. The molecular weight excluding hydrogens is 158 g/mol. The van der Waals surface area contributed by atoms with Gasteiger partial charge in [-0.15, -0.1) is 0 Å². The van der Waals surface area contributed by atoms with Crippen LogP contribution in [0, 0.1) is 18.3 Å². The Kier molecular flexibility index (Phi) is 1.33. The van der Waals surface area contributed by atoms with E-state index in [1.165, 1.54) is 11.4 Å². The van der Waals surface area contributed by atoms with Crippen molar-refractivity contribution in [3.8, 4) is 0 Å². The maximum absolute atomic E-state index is 4.59. The average Bonchev–Trinajstić information content (AvgIpc) is 2.56. The van der Waals surface area contributed by atoms with Crippen LogP contribution in [0.15, 0.2) is 53.2 Å². The smallest absolute Gasteiger partial charge is 0.0315 e. The summed E-state index contributed by atoms with van der Waals surface area (Å²) in [7, 11) is 0. The van der Waals surface area contributed by atoms with Gasteiger partial charge in [0, 0.05) is 11.6 Å². The molecular formula is C12H10N-. The Balaban J connectivity index is 2.07. The van der Waals surface area contributed by atoms with Crippen LogP contribution in [0.1, 0.15) is 0 Å². The third-order valence-electron chi connectivity index (χ3n) is 2.72. The summed E-state index contributed by atoms with van der Waals surface area (Å²) in [6, 6.07) is 0. The van der Waals surface area contributed by atoms with Crippen molar-refractivity contribution in [1.82, 2.24) is 0 Å². The van der Waals surface area contributed by atoms with E-state index in [1.807, 2.05) is 0 Å². The van der Waals surface area contributed by atoms with Gasteiger partial charge < -0.3 is 4.99 Å². The molecule has 1 nitrogen and oxygen atoms in total. The van der Waals surface area contributed by atoms with Crippen molar-refractivity contribution in [2.45, 2.75) is 0 Å². The second kappa shape index (κ2) is 2.49. The minimum absolute atomic E-state index is 0.487. The first-order valence-electron chi connectivity index (χ1n) is 4.60. The molecule has 0 N–H and O–H groups in total. The number of allylic oxidation sites excluding steroid dienone is 7. The average molecular weight is 168 g/mol. The Morgan fingerprint density at radius 3 is 3.15 bits per heavy atom. The number of fused-ring (bicyclic) bond motifs is 3. The molecule has 2 atom stereocenters. The standard InChI is InChI=1S/C12H10N/c1-3-7-11-9(5-1)10-6-2-4-8-12(10)13-11/h1-10H/q-1. The van der Waals surface area contributed by atoms with E-state index in [0.29, 0.717) is 11.8 Å². The van der Waals surface area contributed by atoms with Gasteiger partial charge in [0.1, 0.15) is 0 Å². The first-order valence-corrected chi connectivity index (χ1v) is 4.60. The van der Waals surface area contributed by atoms with Crippen LogP contribution in [0.25, 0.3) is 0 Å². The normalized spacial score (nSPS) is 33.2. The zero-order valence-corrected chi connectivity index (χ0v) is 7.22. The fourth-order valence-electron chi connectivity index (χ4n) is 2.08. The molecule has 1 heteroatoms. The second-order valence-electron chi connectivity index (χ2n) is 3.50. The fourth-order valence-corrected chi connectivity index (χ4v) is 2.08. The van der Waals surface area contributed by atoms with E-state index in [0.717, 1.165) is 0 Å². The lowest BCUT2D eigenvalue weighted by Gasteiger charge is -2.23. The van der Waals surface area contributed by atoms with Crippen LogP contribution in [0.3, 0.4) is 0 Å². The lowest BCUT2D eigenvalue weighted by molar-refractivity contribution is 0.698. The SMILES string of the molecule is C1=CC2=NC3=C[CH-]C=CC3C2C=C1. The molecule has 0 aromatic rings. The second-order valence-corrected chi connectivity index (χ2v) is 3.50. The van der Waals surface area contributed by atoms with Crippen molar-refractivity contribution in [2.24, 2.45) is 16.8 Å². The van der Waals surface area contributed by atoms with E-state index < -0.39 is 0 Å². The summed E-state index contributed by atoms with van der Waals surface area (Å²) in [6.07, 6.45) is 17.0. The van der Waals surface area contributed by atoms with Crippen molar-refractivity contribution >= 4 is 5.71 Å². The van der Waals surface area contributed by atoms with Gasteiger partial charge in [-0.05, 0) is 6.08 Å². The largest absolute Gasteiger partial charge is 0.321 e. The molecule has 2 aliphatic carbocycles. The third kappa shape index (κ3) is 0.934. The molecule has 0 amide bonds. The highest BCUT2D eigenvalue weighted by atomic mass is 14.8. The van der Waals surface area contributed by atoms with Gasteiger partial charge in [-0.3, -0.25) is 0 Å². The third-order valence-corrected chi connectivity index (χ3v) is 2.72. The van der Waals surface area contributed by atoms with E-state index in [9.17, 15) is 0 Å². The monoisotopic (exact) mass is 168 g/mol. The van der Waals surface area contributed by atoms with Crippen LogP contribution in [0.2, 0.25) is 0 Å². The summed E-state index contributed by atoms with van der Waals surface area (Å²) >= 11 is 0. The van der Waals surface area contributed by atoms with Gasteiger partial charge in [0.25, 0.3) is 0 Å². The summed E-state index contributed by atoms with van der Waals surface area (Å²) in [4.78, 5) is 4.59. The fraction of sp³-hybridized carbons (Fsp3) is 0.167. The number of hydrogen-bond donors (Lipinski definition) is 0. The van der Waals surface area contributed by atoms with Crippen molar-refractivity contribution in [2.75, 3.05) is 0 Å². The van der Waals surface area contributed by atoms with Crippen LogP contribution >= 0.6 is 0 Å². The molecule has 0 fully saturated rings. The van der Waals surface area contributed by atoms with Gasteiger partial charge in [0.2, 0.25) is 0 Å².